The molecule has 0 unspecified atom stereocenters. The predicted molar refractivity (Wildman–Crippen MR) is 86.6 cm³/mol. The van der Waals surface area contributed by atoms with Crippen molar-refractivity contribution in [3.63, 3.8) is 0 Å². The Morgan fingerprint density at radius 3 is 2.75 bits per heavy atom. The first-order valence-electron chi connectivity index (χ1n) is 6.89. The molecule has 1 aromatic rings. The molecule has 20 heavy (non-hydrogen) atoms. The van der Waals surface area contributed by atoms with E-state index < -0.39 is 0 Å². The Morgan fingerprint density at radius 2 is 2.05 bits per heavy atom. The Kier molecular flexibility index (Phi) is 7.95. The highest BCUT2D eigenvalue weighted by atomic mass is 32.2. The molecule has 0 atom stereocenters. The second kappa shape index (κ2) is 9.53. The zero-order chi connectivity index (χ0) is 14.8. The van der Waals surface area contributed by atoms with E-state index in [4.69, 9.17) is 10.5 Å². The van der Waals surface area contributed by atoms with Crippen molar-refractivity contribution in [2.75, 3.05) is 31.4 Å². The molecule has 4 nitrogen and oxygen atoms in total. The first-order valence-corrected chi connectivity index (χ1v) is 8.29. The largest absolute Gasteiger partial charge is 0.497 e. The molecule has 0 heterocycles. The number of anilines is 1. The van der Waals surface area contributed by atoms with Crippen LogP contribution in [-0.2, 0) is 0 Å². The van der Waals surface area contributed by atoms with Crippen molar-refractivity contribution in [1.82, 2.24) is 5.32 Å². The Balaban J connectivity index is 2.32. The number of unbranched alkanes of at least 4 members (excludes halogenated alkanes) is 3. The summed E-state index contributed by atoms with van der Waals surface area (Å²) in [5.74, 6) is 1.72. The molecule has 0 bridgehead atoms. The minimum atomic E-state index is -0.134. The van der Waals surface area contributed by atoms with Gasteiger partial charge in [-0.25, -0.2) is 0 Å². The highest BCUT2D eigenvalue weighted by Crippen LogP contribution is 2.19. The van der Waals surface area contributed by atoms with Crippen molar-refractivity contribution in [3.8, 4) is 5.75 Å². The molecule has 0 aliphatic rings. The van der Waals surface area contributed by atoms with Crippen LogP contribution in [0.25, 0.3) is 0 Å². The van der Waals surface area contributed by atoms with E-state index in [2.05, 4.69) is 11.6 Å². The summed E-state index contributed by atoms with van der Waals surface area (Å²) in [6, 6.07) is 5.11. The summed E-state index contributed by atoms with van der Waals surface area (Å²) in [6.45, 7) is 0.689. The van der Waals surface area contributed by atoms with Crippen LogP contribution in [0.4, 0.5) is 5.69 Å². The second-order valence-electron chi connectivity index (χ2n) is 4.62. The number of rotatable bonds is 9. The average Bonchev–Trinajstić information content (AvgIpc) is 2.46. The normalized spacial score (nSPS) is 10.3. The third-order valence-corrected chi connectivity index (χ3v) is 3.76. The van der Waals surface area contributed by atoms with Crippen molar-refractivity contribution in [2.45, 2.75) is 25.7 Å². The maximum atomic E-state index is 12.0. The van der Waals surface area contributed by atoms with Crippen LogP contribution in [0.15, 0.2) is 18.2 Å². The number of carbonyl (C=O) groups excluding carboxylic acids is 1. The lowest BCUT2D eigenvalue weighted by molar-refractivity contribution is 0.0953. The Bertz CT molecular complexity index is 424. The van der Waals surface area contributed by atoms with Gasteiger partial charge in [-0.2, -0.15) is 11.8 Å². The molecule has 5 heteroatoms. The fourth-order valence-electron chi connectivity index (χ4n) is 1.88. The van der Waals surface area contributed by atoms with Crippen molar-refractivity contribution < 1.29 is 9.53 Å². The van der Waals surface area contributed by atoms with Crippen LogP contribution in [0.3, 0.4) is 0 Å². The van der Waals surface area contributed by atoms with Gasteiger partial charge in [0.05, 0.1) is 12.7 Å². The minimum absolute atomic E-state index is 0.134. The molecule has 1 rings (SSSR count). The Labute approximate surface area is 125 Å². The molecular formula is C15H24N2O2S. The zero-order valence-electron chi connectivity index (χ0n) is 12.3. The van der Waals surface area contributed by atoms with Crippen molar-refractivity contribution in [1.29, 1.82) is 0 Å². The van der Waals surface area contributed by atoms with Crippen LogP contribution in [0.1, 0.15) is 36.0 Å². The molecule has 0 radical (unpaired) electrons. The molecule has 0 fully saturated rings. The SMILES string of the molecule is COc1ccc(N)c(C(=O)NCCCCCCSC)c1. The van der Waals surface area contributed by atoms with E-state index in [1.807, 2.05) is 11.8 Å². The molecule has 0 aliphatic heterocycles. The number of hydrogen-bond donors (Lipinski definition) is 2. The lowest BCUT2D eigenvalue weighted by atomic mass is 10.1. The summed E-state index contributed by atoms with van der Waals surface area (Å²) >= 11 is 1.88. The van der Waals surface area contributed by atoms with E-state index in [1.54, 1.807) is 25.3 Å². The summed E-state index contributed by atoms with van der Waals surface area (Å²) in [5.41, 5.74) is 6.77. The number of benzene rings is 1. The highest BCUT2D eigenvalue weighted by molar-refractivity contribution is 7.98. The monoisotopic (exact) mass is 296 g/mol. The highest BCUT2D eigenvalue weighted by Gasteiger charge is 2.10. The molecule has 112 valence electrons. The molecule has 1 aromatic carbocycles. The Morgan fingerprint density at radius 1 is 1.30 bits per heavy atom. The van der Waals surface area contributed by atoms with Crippen molar-refractivity contribution in [2.24, 2.45) is 0 Å². The van der Waals surface area contributed by atoms with Gasteiger partial charge in [0.2, 0.25) is 0 Å². The Hall–Kier alpha value is -1.36. The van der Waals surface area contributed by atoms with Gasteiger partial charge in [-0.3, -0.25) is 4.79 Å². The van der Waals surface area contributed by atoms with Crippen LogP contribution in [0.5, 0.6) is 5.75 Å². The van der Waals surface area contributed by atoms with Crippen molar-refractivity contribution >= 4 is 23.4 Å². The summed E-state index contributed by atoms with van der Waals surface area (Å²) in [6.07, 6.45) is 6.74. The zero-order valence-corrected chi connectivity index (χ0v) is 13.1. The molecule has 0 spiro atoms. The van der Waals surface area contributed by atoms with Crippen molar-refractivity contribution in [3.05, 3.63) is 23.8 Å². The first kappa shape index (κ1) is 16.7. The van der Waals surface area contributed by atoms with Gasteiger partial charge >= 0.3 is 0 Å². The first-order chi connectivity index (χ1) is 9.69. The van der Waals surface area contributed by atoms with Gasteiger partial charge in [0.15, 0.2) is 0 Å². The third-order valence-electron chi connectivity index (χ3n) is 3.07. The molecule has 3 N–H and O–H groups in total. The lowest BCUT2D eigenvalue weighted by Crippen LogP contribution is -2.25. The minimum Gasteiger partial charge on any atom is -0.497 e. The summed E-state index contributed by atoms with van der Waals surface area (Å²) in [5, 5.41) is 2.90. The van der Waals surface area contributed by atoms with E-state index in [1.165, 1.54) is 18.6 Å². The van der Waals surface area contributed by atoms with E-state index >= 15 is 0 Å². The number of nitrogen functional groups attached to an aromatic ring is 1. The molecule has 0 aromatic heterocycles. The standard InChI is InChI=1S/C15H24N2O2S/c1-19-12-7-8-14(16)13(11-12)15(18)17-9-5-3-4-6-10-20-2/h7-8,11H,3-6,9-10,16H2,1-2H3,(H,17,18). The van der Waals surface area contributed by atoms with Crippen LogP contribution in [-0.4, -0.2) is 31.6 Å². The predicted octanol–water partition coefficient (Wildman–Crippen LogP) is 2.93. The summed E-state index contributed by atoms with van der Waals surface area (Å²) < 4.78 is 5.10. The van der Waals surface area contributed by atoms with Gasteiger partial charge in [0.25, 0.3) is 5.91 Å². The number of methoxy groups -OCH3 is 1. The molecule has 0 saturated carbocycles. The molecule has 0 aliphatic carbocycles. The van der Waals surface area contributed by atoms with E-state index in [9.17, 15) is 4.79 Å². The number of ether oxygens (including phenoxy) is 1. The number of thioether (sulfide) groups is 1. The quantitative estimate of drug-likeness (QED) is 0.543. The van der Waals surface area contributed by atoms with Crippen LogP contribution >= 0.6 is 11.8 Å². The molecule has 1 amide bonds. The topological polar surface area (TPSA) is 64.3 Å². The summed E-state index contributed by atoms with van der Waals surface area (Å²) in [7, 11) is 1.57. The smallest absolute Gasteiger partial charge is 0.253 e. The van der Waals surface area contributed by atoms with E-state index in [0.717, 1.165) is 12.8 Å². The maximum Gasteiger partial charge on any atom is 0.253 e. The van der Waals surface area contributed by atoms with Gasteiger partial charge in [-0.05, 0) is 43.0 Å². The van der Waals surface area contributed by atoms with Crippen LogP contribution in [0, 0.1) is 0 Å². The van der Waals surface area contributed by atoms with Gasteiger partial charge < -0.3 is 15.8 Å². The lowest BCUT2D eigenvalue weighted by Gasteiger charge is -2.09. The van der Waals surface area contributed by atoms with E-state index in [-0.39, 0.29) is 5.91 Å². The second-order valence-corrected chi connectivity index (χ2v) is 5.60. The number of nitrogens with one attached hydrogen (secondary N) is 1. The van der Waals surface area contributed by atoms with Gasteiger partial charge in [-0.15, -0.1) is 0 Å². The maximum absolute atomic E-state index is 12.0. The third kappa shape index (κ3) is 5.74. The van der Waals surface area contributed by atoms with Gasteiger partial charge in [0, 0.05) is 12.2 Å². The average molecular weight is 296 g/mol. The number of hydrogen-bond acceptors (Lipinski definition) is 4. The number of carbonyl (C=O) groups is 1. The van der Waals surface area contributed by atoms with Crippen LogP contribution in [0.2, 0.25) is 0 Å². The number of nitrogens with two attached hydrogens (primary N) is 1. The van der Waals surface area contributed by atoms with Gasteiger partial charge in [-0.1, -0.05) is 12.8 Å². The van der Waals surface area contributed by atoms with E-state index in [0.29, 0.717) is 23.5 Å². The summed E-state index contributed by atoms with van der Waals surface area (Å²) in [4.78, 5) is 12.0. The number of amides is 1. The molecular weight excluding hydrogens is 272 g/mol. The van der Waals surface area contributed by atoms with Crippen LogP contribution < -0.4 is 15.8 Å². The molecule has 0 saturated heterocycles. The fraction of sp³-hybridized carbons (Fsp3) is 0.533. The fourth-order valence-corrected chi connectivity index (χ4v) is 2.37. The van der Waals surface area contributed by atoms with Gasteiger partial charge in [0.1, 0.15) is 5.75 Å².